The number of thioether (sulfide) groups is 1. The number of carboxylic acids is 1. The summed E-state index contributed by atoms with van der Waals surface area (Å²) in [5.41, 5.74) is 1.37. The molecule has 34 heavy (non-hydrogen) atoms. The molecule has 0 aromatic heterocycles. The Hall–Kier alpha value is -3.50. The smallest absolute Gasteiger partial charge is 0.335 e. The molecular formula is C23H20ClNO8S. The third-order valence-corrected chi connectivity index (χ3v) is 6.05. The lowest BCUT2D eigenvalue weighted by Crippen LogP contribution is -2.42. The minimum absolute atomic E-state index is 0.111. The van der Waals surface area contributed by atoms with Crippen molar-refractivity contribution in [3.05, 3.63) is 63.0 Å². The van der Waals surface area contributed by atoms with Gasteiger partial charge in [0.15, 0.2) is 11.5 Å². The first-order valence-electron chi connectivity index (χ1n) is 9.83. The van der Waals surface area contributed by atoms with Crippen LogP contribution in [0.25, 0.3) is 6.08 Å². The molecule has 0 saturated carbocycles. The molecule has 1 atom stereocenters. The topological polar surface area (TPSA) is 119 Å². The molecule has 11 heteroatoms. The summed E-state index contributed by atoms with van der Waals surface area (Å²) >= 11 is 7.09. The van der Waals surface area contributed by atoms with Gasteiger partial charge >= 0.3 is 11.9 Å². The number of nitrogens with zero attached hydrogens (tertiary/aromatic N) is 1. The average Bonchev–Trinajstić information content (AvgIpc) is 3.09. The number of methoxy groups -OCH3 is 2. The van der Waals surface area contributed by atoms with Gasteiger partial charge in [0.2, 0.25) is 0 Å². The number of benzene rings is 2. The number of rotatable bonds is 8. The van der Waals surface area contributed by atoms with Crippen LogP contribution in [-0.2, 0) is 20.9 Å². The van der Waals surface area contributed by atoms with E-state index in [1.807, 2.05) is 0 Å². The predicted molar refractivity (Wildman–Crippen MR) is 125 cm³/mol. The lowest BCUT2D eigenvalue weighted by atomic mass is 10.1. The first kappa shape index (κ1) is 25.1. The van der Waals surface area contributed by atoms with E-state index in [1.54, 1.807) is 24.3 Å². The molecule has 178 valence electrons. The van der Waals surface area contributed by atoms with Gasteiger partial charge < -0.3 is 19.3 Å². The normalized spacial score (nSPS) is 15.4. The van der Waals surface area contributed by atoms with Crippen molar-refractivity contribution in [2.75, 3.05) is 14.2 Å². The highest BCUT2D eigenvalue weighted by Crippen LogP contribution is 2.39. The summed E-state index contributed by atoms with van der Waals surface area (Å²) in [5.74, 6) is -1.79. The second-order valence-electron chi connectivity index (χ2n) is 7.08. The van der Waals surface area contributed by atoms with Crippen molar-refractivity contribution >= 4 is 52.5 Å². The van der Waals surface area contributed by atoms with Crippen LogP contribution in [0.2, 0.25) is 5.02 Å². The second kappa shape index (κ2) is 10.6. The van der Waals surface area contributed by atoms with E-state index in [4.69, 9.17) is 26.2 Å². The van der Waals surface area contributed by atoms with E-state index in [9.17, 15) is 19.2 Å². The van der Waals surface area contributed by atoms with Gasteiger partial charge in [0, 0.05) is 0 Å². The Bertz CT molecular complexity index is 1180. The molecule has 1 aliphatic rings. The zero-order valence-corrected chi connectivity index (χ0v) is 19.9. The van der Waals surface area contributed by atoms with Crippen molar-refractivity contribution < 1.29 is 38.5 Å². The summed E-state index contributed by atoms with van der Waals surface area (Å²) in [6.45, 7) is 1.52. The van der Waals surface area contributed by atoms with E-state index in [-0.39, 0.29) is 27.8 Å². The van der Waals surface area contributed by atoms with E-state index in [0.717, 1.165) is 10.5 Å². The summed E-state index contributed by atoms with van der Waals surface area (Å²) in [7, 11) is 2.60. The van der Waals surface area contributed by atoms with Crippen molar-refractivity contribution in [1.82, 2.24) is 4.90 Å². The number of hydrogen-bond donors (Lipinski definition) is 1. The number of carboxylic acid groups (broad SMARTS) is 1. The van der Waals surface area contributed by atoms with E-state index in [1.165, 1.54) is 39.4 Å². The molecule has 2 aromatic carbocycles. The number of aromatic carboxylic acids is 1. The molecule has 2 amide bonds. The van der Waals surface area contributed by atoms with Gasteiger partial charge in [-0.2, -0.15) is 0 Å². The number of amides is 2. The van der Waals surface area contributed by atoms with Gasteiger partial charge in [0.05, 0.1) is 29.7 Å². The standard InChI is InChI=1S/C23H20ClNO8S/c1-12(22(29)32-3)25-20(26)18(34-23(25)30)10-14-8-16(24)19(17(9-14)31-2)33-11-13-4-6-15(7-5-13)21(27)28/h4-10,12H,11H2,1-3H3,(H,27,28)/b18-10+/t12-/m0/s1. The molecule has 1 aliphatic heterocycles. The Morgan fingerprint density at radius 2 is 1.85 bits per heavy atom. The zero-order valence-electron chi connectivity index (χ0n) is 18.4. The van der Waals surface area contributed by atoms with Crippen LogP contribution in [0.1, 0.15) is 28.4 Å². The Labute approximate surface area is 204 Å². The van der Waals surface area contributed by atoms with Crippen LogP contribution in [0.3, 0.4) is 0 Å². The summed E-state index contributed by atoms with van der Waals surface area (Å²) in [6.07, 6.45) is 1.47. The number of carbonyl (C=O) groups excluding carboxylic acids is 3. The highest BCUT2D eigenvalue weighted by molar-refractivity contribution is 8.18. The fraction of sp³-hybridized carbons (Fsp3) is 0.217. The monoisotopic (exact) mass is 505 g/mol. The average molecular weight is 506 g/mol. The number of ether oxygens (including phenoxy) is 3. The zero-order chi connectivity index (χ0) is 25.0. The van der Waals surface area contributed by atoms with Crippen LogP contribution in [0.4, 0.5) is 4.79 Å². The number of imide groups is 1. The third kappa shape index (κ3) is 5.35. The first-order valence-corrected chi connectivity index (χ1v) is 11.0. The largest absolute Gasteiger partial charge is 0.493 e. The maximum absolute atomic E-state index is 12.7. The minimum atomic E-state index is -1.05. The Morgan fingerprint density at radius 3 is 2.44 bits per heavy atom. The van der Waals surface area contributed by atoms with Gasteiger partial charge in [-0.25, -0.2) is 9.59 Å². The molecule has 1 heterocycles. The van der Waals surface area contributed by atoms with Crippen molar-refractivity contribution in [3.63, 3.8) is 0 Å². The van der Waals surface area contributed by atoms with Crippen LogP contribution in [0.15, 0.2) is 41.3 Å². The van der Waals surface area contributed by atoms with Gasteiger partial charge in [0.1, 0.15) is 12.6 Å². The molecule has 0 unspecified atom stereocenters. The molecule has 1 saturated heterocycles. The van der Waals surface area contributed by atoms with Crippen molar-refractivity contribution in [3.8, 4) is 11.5 Å². The van der Waals surface area contributed by atoms with Crippen molar-refractivity contribution in [1.29, 1.82) is 0 Å². The molecule has 1 fully saturated rings. The fourth-order valence-corrected chi connectivity index (χ4v) is 4.29. The number of esters is 1. The molecular weight excluding hydrogens is 486 g/mol. The van der Waals surface area contributed by atoms with Gasteiger partial charge in [-0.1, -0.05) is 23.7 Å². The quantitative estimate of drug-likeness (QED) is 0.415. The van der Waals surface area contributed by atoms with Crippen LogP contribution < -0.4 is 9.47 Å². The molecule has 0 bridgehead atoms. The fourth-order valence-electron chi connectivity index (χ4n) is 3.10. The van der Waals surface area contributed by atoms with Crippen LogP contribution >= 0.6 is 23.4 Å². The molecule has 0 radical (unpaired) electrons. The Morgan fingerprint density at radius 1 is 1.18 bits per heavy atom. The summed E-state index contributed by atoms with van der Waals surface area (Å²) in [4.78, 5) is 48.7. The third-order valence-electron chi connectivity index (χ3n) is 4.89. The van der Waals surface area contributed by atoms with E-state index in [0.29, 0.717) is 23.1 Å². The van der Waals surface area contributed by atoms with Crippen molar-refractivity contribution in [2.45, 2.75) is 19.6 Å². The molecule has 0 aliphatic carbocycles. The Balaban J connectivity index is 1.81. The SMILES string of the molecule is COC(=O)[C@H](C)N1C(=O)S/C(=C/c2cc(Cl)c(OCc3ccc(C(=O)O)cc3)c(OC)c2)C1=O. The number of carbonyl (C=O) groups is 4. The molecule has 0 spiro atoms. The minimum Gasteiger partial charge on any atom is -0.493 e. The van der Waals surface area contributed by atoms with Crippen LogP contribution in [-0.4, -0.2) is 53.4 Å². The number of halogens is 1. The molecule has 1 N–H and O–H groups in total. The van der Waals surface area contributed by atoms with Gasteiger partial charge in [0.25, 0.3) is 11.1 Å². The summed E-state index contributed by atoms with van der Waals surface area (Å²) in [5, 5.41) is 8.61. The van der Waals surface area contributed by atoms with Gasteiger partial charge in [-0.3, -0.25) is 14.5 Å². The van der Waals surface area contributed by atoms with Crippen LogP contribution in [0, 0.1) is 0 Å². The maximum atomic E-state index is 12.7. The molecule has 9 nitrogen and oxygen atoms in total. The van der Waals surface area contributed by atoms with Crippen LogP contribution in [0.5, 0.6) is 11.5 Å². The second-order valence-corrected chi connectivity index (χ2v) is 8.48. The lowest BCUT2D eigenvalue weighted by molar-refractivity contribution is -0.148. The lowest BCUT2D eigenvalue weighted by Gasteiger charge is -2.18. The van der Waals surface area contributed by atoms with E-state index < -0.39 is 29.1 Å². The van der Waals surface area contributed by atoms with Gasteiger partial charge in [-0.05, 0) is 60.2 Å². The van der Waals surface area contributed by atoms with E-state index in [2.05, 4.69) is 4.74 Å². The van der Waals surface area contributed by atoms with Crippen molar-refractivity contribution in [2.24, 2.45) is 0 Å². The summed E-state index contributed by atoms with van der Waals surface area (Å²) < 4.78 is 15.8. The maximum Gasteiger partial charge on any atom is 0.335 e. The molecule has 2 aromatic rings. The highest BCUT2D eigenvalue weighted by Gasteiger charge is 2.41. The highest BCUT2D eigenvalue weighted by atomic mass is 35.5. The van der Waals surface area contributed by atoms with E-state index >= 15 is 0 Å². The number of hydrogen-bond acceptors (Lipinski definition) is 8. The van der Waals surface area contributed by atoms with Gasteiger partial charge in [-0.15, -0.1) is 0 Å². The predicted octanol–water partition coefficient (Wildman–Crippen LogP) is 4.22. The summed E-state index contributed by atoms with van der Waals surface area (Å²) in [6, 6.07) is 8.28. The first-order chi connectivity index (χ1) is 16.2. The Kier molecular flexibility index (Phi) is 7.85. The molecule has 3 rings (SSSR count).